The van der Waals surface area contributed by atoms with Crippen LogP contribution in [0.1, 0.15) is 43.4 Å². The van der Waals surface area contributed by atoms with E-state index in [9.17, 15) is 4.79 Å². The number of aromatic amines is 1. The molecule has 8 heteroatoms. The van der Waals surface area contributed by atoms with Gasteiger partial charge in [-0.2, -0.15) is 0 Å². The summed E-state index contributed by atoms with van der Waals surface area (Å²) < 4.78 is 37.4. The molecule has 5 rings (SSSR count). The predicted octanol–water partition coefficient (Wildman–Crippen LogP) is 8.31. The summed E-state index contributed by atoms with van der Waals surface area (Å²) in [5.41, 5.74) is 2.98. The lowest BCUT2D eigenvalue weighted by atomic mass is 9.77. The van der Waals surface area contributed by atoms with Gasteiger partial charge in [0.05, 0.1) is 27.3 Å². The average molecular weight is 524 g/mol. The third kappa shape index (κ3) is 4.31. The molecular formula is C29H28ClF2N3O2. The first-order valence-electron chi connectivity index (χ1n) is 12.1. The molecule has 2 unspecified atom stereocenters. The highest BCUT2D eigenvalue weighted by Crippen LogP contribution is 2.46. The predicted molar refractivity (Wildman–Crippen MR) is 145 cm³/mol. The van der Waals surface area contributed by atoms with Crippen molar-refractivity contribution in [3.8, 4) is 11.1 Å². The Hall–Kier alpha value is -3.58. The van der Waals surface area contributed by atoms with Crippen molar-refractivity contribution in [2.45, 2.75) is 52.2 Å². The Labute approximate surface area is 219 Å². The van der Waals surface area contributed by atoms with Crippen molar-refractivity contribution >= 4 is 40.0 Å². The van der Waals surface area contributed by atoms with E-state index in [1.54, 1.807) is 31.3 Å². The van der Waals surface area contributed by atoms with Crippen LogP contribution in [-0.4, -0.2) is 22.7 Å². The number of carbonyl (C=O) groups is 1. The van der Waals surface area contributed by atoms with Crippen LogP contribution >= 0.6 is 11.6 Å². The van der Waals surface area contributed by atoms with Crippen molar-refractivity contribution in [3.05, 3.63) is 82.0 Å². The second-order valence-corrected chi connectivity index (χ2v) is 10.7. The first-order valence-corrected chi connectivity index (χ1v) is 12.5. The van der Waals surface area contributed by atoms with Crippen LogP contribution in [0.4, 0.5) is 25.0 Å². The lowest BCUT2D eigenvalue weighted by Crippen LogP contribution is -2.52. The molecule has 5 nitrogen and oxygen atoms in total. The zero-order chi connectivity index (χ0) is 26.6. The highest BCUT2D eigenvalue weighted by atomic mass is 35.5. The Bertz CT molecular complexity index is 1520. The molecule has 1 aliphatic rings. The minimum atomic E-state index is -0.810. The van der Waals surface area contributed by atoms with Crippen molar-refractivity contribution in [2.24, 2.45) is 0 Å². The highest BCUT2D eigenvalue weighted by Gasteiger charge is 2.45. The molecule has 4 aromatic rings. The number of anilines is 2. The molecule has 192 valence electrons. The Balaban J connectivity index is 1.52. The van der Waals surface area contributed by atoms with Gasteiger partial charge in [0, 0.05) is 28.9 Å². The molecule has 1 aromatic heterocycles. The first-order chi connectivity index (χ1) is 17.5. The summed E-state index contributed by atoms with van der Waals surface area (Å²) in [5, 5.41) is 7.18. The van der Waals surface area contributed by atoms with E-state index in [0.29, 0.717) is 27.5 Å². The monoisotopic (exact) mass is 523 g/mol. The van der Waals surface area contributed by atoms with Gasteiger partial charge in [-0.3, -0.25) is 5.32 Å². The lowest BCUT2D eigenvalue weighted by Gasteiger charge is -2.44. The van der Waals surface area contributed by atoms with Crippen molar-refractivity contribution < 1.29 is 18.3 Å². The number of fused-ring (bicyclic) bond motifs is 2. The number of para-hydroxylation sites is 1. The number of rotatable bonds is 3. The van der Waals surface area contributed by atoms with Gasteiger partial charge in [0.25, 0.3) is 0 Å². The zero-order valence-electron chi connectivity index (χ0n) is 21.2. The molecule has 1 aliphatic heterocycles. The Kier molecular flexibility index (Phi) is 6.15. The fourth-order valence-electron chi connectivity index (χ4n) is 5.49. The Morgan fingerprint density at radius 3 is 2.62 bits per heavy atom. The van der Waals surface area contributed by atoms with Gasteiger partial charge in [-0.25, -0.2) is 13.6 Å². The molecule has 0 saturated carbocycles. The van der Waals surface area contributed by atoms with Gasteiger partial charge in [0.2, 0.25) is 0 Å². The molecule has 1 amide bonds. The number of H-pyrrole nitrogens is 1. The van der Waals surface area contributed by atoms with Gasteiger partial charge in [0.15, 0.2) is 0 Å². The molecule has 0 fully saturated rings. The van der Waals surface area contributed by atoms with E-state index >= 15 is 8.78 Å². The summed E-state index contributed by atoms with van der Waals surface area (Å²) >= 11 is 6.35. The Morgan fingerprint density at radius 2 is 1.89 bits per heavy atom. The summed E-state index contributed by atoms with van der Waals surface area (Å²) in [6.07, 6.45) is 0.265. The van der Waals surface area contributed by atoms with Crippen molar-refractivity contribution in [1.29, 1.82) is 0 Å². The highest BCUT2D eigenvalue weighted by molar-refractivity contribution is 6.34. The molecule has 2 atom stereocenters. The third-order valence-corrected chi connectivity index (χ3v) is 7.38. The first kappa shape index (κ1) is 25.1. The number of ether oxygens (including phenoxy) is 1. The van der Waals surface area contributed by atoms with E-state index in [4.69, 9.17) is 16.3 Å². The second kappa shape index (κ2) is 9.06. The molecule has 0 radical (unpaired) electrons. The van der Waals surface area contributed by atoms with Crippen LogP contribution in [0.3, 0.4) is 0 Å². The molecule has 0 bridgehead atoms. The van der Waals surface area contributed by atoms with Gasteiger partial charge in [-0.15, -0.1) is 0 Å². The van der Waals surface area contributed by atoms with Crippen molar-refractivity contribution in [3.63, 3.8) is 0 Å². The van der Waals surface area contributed by atoms with Gasteiger partial charge in [-0.1, -0.05) is 42.8 Å². The number of hydrogen-bond donors (Lipinski definition) is 3. The second-order valence-electron chi connectivity index (χ2n) is 10.3. The van der Waals surface area contributed by atoms with Crippen LogP contribution in [0.25, 0.3) is 22.0 Å². The van der Waals surface area contributed by atoms with Gasteiger partial charge >= 0.3 is 6.09 Å². The number of aryl methyl sites for hydroxylation is 2. The molecule has 0 aliphatic carbocycles. The summed E-state index contributed by atoms with van der Waals surface area (Å²) in [7, 11) is 0. The lowest BCUT2D eigenvalue weighted by molar-refractivity contribution is 0.0560. The van der Waals surface area contributed by atoms with Crippen LogP contribution in [0, 0.1) is 25.5 Å². The standard InChI is InChI=1S/C29H28ClF2N3O2/c1-14-11-15(2)25(19(30)12-14)34-28(36)37-27-16(3)22-21(35-29(27,4)5)13-20(31)23(24(22)32)18-8-6-7-17-9-10-33-26(17)18/h6-13,16,27,33,35H,1-5H3,(H,34,36). The summed E-state index contributed by atoms with van der Waals surface area (Å²) in [4.78, 5) is 16.1. The van der Waals surface area contributed by atoms with E-state index in [0.717, 1.165) is 16.5 Å². The summed E-state index contributed by atoms with van der Waals surface area (Å²) in [6.45, 7) is 9.20. The van der Waals surface area contributed by atoms with Crippen LogP contribution < -0.4 is 10.6 Å². The normalized spacial score (nSPS) is 18.3. The number of benzene rings is 3. The minimum absolute atomic E-state index is 0.120. The molecule has 37 heavy (non-hydrogen) atoms. The van der Waals surface area contributed by atoms with E-state index in [1.165, 1.54) is 6.07 Å². The molecule has 3 aromatic carbocycles. The molecular weight excluding hydrogens is 496 g/mol. The van der Waals surface area contributed by atoms with Gasteiger partial charge in [0.1, 0.15) is 17.7 Å². The Morgan fingerprint density at radius 1 is 1.14 bits per heavy atom. The van der Waals surface area contributed by atoms with E-state index in [-0.39, 0.29) is 11.1 Å². The van der Waals surface area contributed by atoms with Crippen LogP contribution in [0.2, 0.25) is 5.02 Å². The quantitative estimate of drug-likeness (QED) is 0.253. The van der Waals surface area contributed by atoms with Crippen LogP contribution in [0.15, 0.2) is 48.7 Å². The van der Waals surface area contributed by atoms with E-state index in [2.05, 4.69) is 15.6 Å². The average Bonchev–Trinajstić information content (AvgIpc) is 3.28. The largest absolute Gasteiger partial charge is 0.443 e. The van der Waals surface area contributed by atoms with Crippen molar-refractivity contribution in [1.82, 2.24) is 4.98 Å². The maximum Gasteiger partial charge on any atom is 0.412 e. The smallest absolute Gasteiger partial charge is 0.412 e. The number of halogens is 3. The summed E-state index contributed by atoms with van der Waals surface area (Å²) in [5.74, 6) is -1.93. The van der Waals surface area contributed by atoms with Crippen LogP contribution in [-0.2, 0) is 4.74 Å². The minimum Gasteiger partial charge on any atom is -0.443 e. The number of carbonyl (C=O) groups excluding carboxylic acids is 1. The fourth-order valence-corrected chi connectivity index (χ4v) is 5.86. The maximum atomic E-state index is 16.2. The SMILES string of the molecule is Cc1cc(C)c(NC(=O)OC2C(C)c3c(cc(F)c(-c4cccc5cc[nH]c45)c3F)NC2(C)C)c(Cl)c1. The van der Waals surface area contributed by atoms with Gasteiger partial charge in [-0.05, 0) is 62.4 Å². The van der Waals surface area contributed by atoms with E-state index < -0.39 is 35.3 Å². The number of amides is 1. The van der Waals surface area contributed by atoms with Crippen molar-refractivity contribution in [2.75, 3.05) is 10.6 Å². The maximum absolute atomic E-state index is 16.2. The molecule has 0 saturated heterocycles. The zero-order valence-corrected chi connectivity index (χ0v) is 22.0. The van der Waals surface area contributed by atoms with E-state index in [1.807, 2.05) is 45.9 Å². The molecule has 2 heterocycles. The number of hydrogen-bond acceptors (Lipinski definition) is 3. The number of nitrogens with one attached hydrogen (secondary N) is 3. The third-order valence-electron chi connectivity index (χ3n) is 7.08. The van der Waals surface area contributed by atoms with Gasteiger partial charge < -0.3 is 15.0 Å². The number of aromatic nitrogens is 1. The van der Waals surface area contributed by atoms with Crippen LogP contribution in [0.5, 0.6) is 0 Å². The molecule has 3 N–H and O–H groups in total. The molecule has 0 spiro atoms. The summed E-state index contributed by atoms with van der Waals surface area (Å²) in [6, 6.07) is 12.2. The fraction of sp³-hybridized carbons (Fsp3) is 0.276. The topological polar surface area (TPSA) is 66.1 Å².